The van der Waals surface area contributed by atoms with Gasteiger partial charge in [-0.25, -0.2) is 9.97 Å². The molecule has 0 aromatic carbocycles. The zero-order valence-corrected chi connectivity index (χ0v) is 19.0. The lowest BCUT2D eigenvalue weighted by atomic mass is 9.92. The highest BCUT2D eigenvalue weighted by atomic mass is 127. The van der Waals surface area contributed by atoms with Crippen molar-refractivity contribution >= 4 is 46.8 Å². The third-order valence-corrected chi connectivity index (χ3v) is 4.70. The predicted molar refractivity (Wildman–Crippen MR) is 121 cm³/mol. The molecule has 27 heavy (non-hydrogen) atoms. The molecule has 3 rings (SSSR count). The molecule has 8 nitrogen and oxygen atoms in total. The Kier molecular flexibility index (Phi) is 8.06. The Morgan fingerprint density at radius 3 is 2.70 bits per heavy atom. The molecule has 1 aliphatic heterocycles. The summed E-state index contributed by atoms with van der Waals surface area (Å²) in [5.41, 5.74) is 0.829. The molecule has 150 valence electrons. The average molecular weight is 486 g/mol. The van der Waals surface area contributed by atoms with Gasteiger partial charge in [-0.2, -0.15) is 5.10 Å². The second-order valence-electron chi connectivity index (χ2n) is 7.24. The lowest BCUT2D eigenvalue weighted by Crippen LogP contribution is -2.48. The minimum absolute atomic E-state index is 0. The molecule has 2 aromatic rings. The quantitative estimate of drug-likeness (QED) is 0.292. The summed E-state index contributed by atoms with van der Waals surface area (Å²) in [6.45, 7) is 11.2. The van der Waals surface area contributed by atoms with Crippen LogP contribution in [0.3, 0.4) is 0 Å². The van der Waals surface area contributed by atoms with Crippen molar-refractivity contribution in [3.8, 4) is 0 Å². The van der Waals surface area contributed by atoms with Crippen molar-refractivity contribution in [3.05, 3.63) is 12.5 Å². The van der Waals surface area contributed by atoms with Crippen molar-refractivity contribution in [1.82, 2.24) is 30.0 Å². The minimum Gasteiger partial charge on any atom is -0.367 e. The predicted octanol–water partition coefficient (Wildman–Crippen LogP) is 2.34. The number of hydrogen-bond donors (Lipinski definition) is 2. The number of aryl methyl sites for hydroxylation is 1. The van der Waals surface area contributed by atoms with Gasteiger partial charge >= 0.3 is 0 Å². The van der Waals surface area contributed by atoms with Gasteiger partial charge < -0.3 is 15.5 Å². The lowest BCUT2D eigenvalue weighted by molar-refractivity contribution is 0.208. The molecule has 0 radical (unpaired) electrons. The highest BCUT2D eigenvalue weighted by molar-refractivity contribution is 14.0. The van der Waals surface area contributed by atoms with E-state index in [0.717, 1.165) is 49.0 Å². The summed E-state index contributed by atoms with van der Waals surface area (Å²) < 4.78 is 1.75. The van der Waals surface area contributed by atoms with E-state index in [9.17, 15) is 0 Å². The second kappa shape index (κ2) is 10.0. The fourth-order valence-corrected chi connectivity index (χ4v) is 3.70. The van der Waals surface area contributed by atoms with Gasteiger partial charge in [-0.05, 0) is 25.2 Å². The average Bonchev–Trinajstić information content (AvgIpc) is 2.99. The fourth-order valence-electron chi connectivity index (χ4n) is 3.70. The van der Waals surface area contributed by atoms with Crippen molar-refractivity contribution in [1.29, 1.82) is 0 Å². The zero-order chi connectivity index (χ0) is 18.5. The van der Waals surface area contributed by atoms with E-state index < -0.39 is 0 Å². The summed E-state index contributed by atoms with van der Waals surface area (Å²) in [6.07, 6.45) is 4.66. The van der Waals surface area contributed by atoms with Gasteiger partial charge in [0, 0.05) is 33.2 Å². The van der Waals surface area contributed by atoms with E-state index in [2.05, 4.69) is 51.4 Å². The van der Waals surface area contributed by atoms with Crippen LogP contribution < -0.4 is 10.6 Å². The Balaban J connectivity index is 0.00000261. The number of anilines is 1. The number of aromatic nitrogens is 4. The van der Waals surface area contributed by atoms with Crippen molar-refractivity contribution in [2.24, 2.45) is 23.9 Å². The summed E-state index contributed by atoms with van der Waals surface area (Å²) in [5.74, 6) is 3.24. The second-order valence-corrected chi connectivity index (χ2v) is 7.24. The molecule has 9 heteroatoms. The van der Waals surface area contributed by atoms with Crippen molar-refractivity contribution in [2.45, 2.75) is 27.2 Å². The molecule has 0 amide bonds. The first-order chi connectivity index (χ1) is 12.6. The number of hydrogen-bond acceptors (Lipinski definition) is 5. The Morgan fingerprint density at radius 1 is 1.26 bits per heavy atom. The Labute approximate surface area is 178 Å². The van der Waals surface area contributed by atoms with E-state index in [1.807, 2.05) is 7.05 Å². The zero-order valence-electron chi connectivity index (χ0n) is 16.6. The van der Waals surface area contributed by atoms with Crippen LogP contribution in [0.1, 0.15) is 27.2 Å². The number of rotatable bonds is 5. The largest absolute Gasteiger partial charge is 0.367 e. The maximum atomic E-state index is 4.81. The summed E-state index contributed by atoms with van der Waals surface area (Å²) in [7, 11) is 1.88. The van der Waals surface area contributed by atoms with Crippen LogP contribution in [0.4, 0.5) is 5.82 Å². The lowest BCUT2D eigenvalue weighted by Gasteiger charge is -2.37. The van der Waals surface area contributed by atoms with Crippen LogP contribution in [-0.2, 0) is 7.05 Å². The molecule has 2 N–H and O–H groups in total. The number of guanidine groups is 1. The first kappa shape index (κ1) is 21.6. The molecule has 2 atom stereocenters. The molecule has 3 heterocycles. The first-order valence-electron chi connectivity index (χ1n) is 9.48. The first-order valence-corrected chi connectivity index (χ1v) is 9.48. The molecular formula is C18H31IN8. The molecule has 0 spiro atoms. The highest BCUT2D eigenvalue weighted by Gasteiger charge is 2.23. The SMILES string of the molecule is CCNC(=NCCNc1ncnc2c1cnn2C)N1CC(C)CC(C)C1.I. The topological polar surface area (TPSA) is 83.3 Å². The Morgan fingerprint density at radius 2 is 2.00 bits per heavy atom. The van der Waals surface area contributed by atoms with E-state index in [0.29, 0.717) is 18.4 Å². The summed E-state index contributed by atoms with van der Waals surface area (Å²) >= 11 is 0. The molecular weight excluding hydrogens is 455 g/mol. The summed E-state index contributed by atoms with van der Waals surface area (Å²) in [5, 5.41) is 12.0. The number of likely N-dealkylation sites (tertiary alicyclic amines) is 1. The van der Waals surface area contributed by atoms with Gasteiger partial charge in [-0.1, -0.05) is 13.8 Å². The smallest absolute Gasteiger partial charge is 0.193 e. The maximum absolute atomic E-state index is 4.81. The molecule has 1 fully saturated rings. The van der Waals surface area contributed by atoms with Crippen molar-refractivity contribution in [3.63, 3.8) is 0 Å². The third kappa shape index (κ3) is 5.43. The van der Waals surface area contributed by atoms with Crippen LogP contribution >= 0.6 is 24.0 Å². The number of piperidine rings is 1. The monoisotopic (exact) mass is 486 g/mol. The normalized spacial score (nSPS) is 20.4. The van der Waals surface area contributed by atoms with Gasteiger partial charge in [0.1, 0.15) is 12.1 Å². The molecule has 0 aliphatic carbocycles. The summed E-state index contributed by atoms with van der Waals surface area (Å²) in [6, 6.07) is 0. The molecule has 2 aromatic heterocycles. The maximum Gasteiger partial charge on any atom is 0.193 e. The molecule has 0 saturated carbocycles. The number of halogens is 1. The molecule has 1 saturated heterocycles. The van der Waals surface area contributed by atoms with Crippen LogP contribution in [0, 0.1) is 11.8 Å². The van der Waals surface area contributed by atoms with Crippen molar-refractivity contribution < 1.29 is 0 Å². The highest BCUT2D eigenvalue weighted by Crippen LogP contribution is 2.21. The minimum atomic E-state index is 0. The van der Waals surface area contributed by atoms with Gasteiger partial charge in [0.25, 0.3) is 0 Å². The Bertz CT molecular complexity index is 749. The van der Waals surface area contributed by atoms with E-state index in [4.69, 9.17) is 4.99 Å². The molecule has 2 unspecified atom stereocenters. The third-order valence-electron chi connectivity index (χ3n) is 4.70. The van der Waals surface area contributed by atoms with Crippen molar-refractivity contribution in [2.75, 3.05) is 38.0 Å². The van der Waals surface area contributed by atoms with Gasteiger partial charge in [0.05, 0.1) is 18.1 Å². The fraction of sp³-hybridized carbons (Fsp3) is 0.667. The number of aliphatic imine (C=N–C) groups is 1. The van der Waals surface area contributed by atoms with Gasteiger partial charge in [-0.3, -0.25) is 9.67 Å². The number of fused-ring (bicyclic) bond motifs is 1. The molecule has 0 bridgehead atoms. The van der Waals surface area contributed by atoms with E-state index in [1.54, 1.807) is 17.2 Å². The number of nitrogens with one attached hydrogen (secondary N) is 2. The standard InChI is InChI=1S/C18H30N8.HI/c1-5-19-18(26-10-13(2)8-14(3)11-26)21-7-6-20-16-15-9-24-25(4)17(15)23-12-22-16;/h9,12-14H,5-8,10-11H2,1-4H3,(H,19,21)(H,20,22,23);1H. The van der Waals surface area contributed by atoms with Crippen LogP contribution in [0.5, 0.6) is 0 Å². The van der Waals surface area contributed by atoms with Crippen LogP contribution in [0.25, 0.3) is 11.0 Å². The molecule has 1 aliphatic rings. The van der Waals surface area contributed by atoms with Crippen LogP contribution in [0.15, 0.2) is 17.5 Å². The van der Waals surface area contributed by atoms with Crippen LogP contribution in [0.2, 0.25) is 0 Å². The Hall–Kier alpha value is -1.65. The van der Waals surface area contributed by atoms with Gasteiger partial charge in [0.15, 0.2) is 11.6 Å². The number of nitrogens with zero attached hydrogens (tertiary/aromatic N) is 6. The summed E-state index contributed by atoms with van der Waals surface area (Å²) in [4.78, 5) is 15.8. The van der Waals surface area contributed by atoms with Gasteiger partial charge in [0.2, 0.25) is 0 Å². The van der Waals surface area contributed by atoms with E-state index in [-0.39, 0.29) is 24.0 Å². The van der Waals surface area contributed by atoms with E-state index >= 15 is 0 Å². The van der Waals surface area contributed by atoms with Gasteiger partial charge in [-0.15, -0.1) is 24.0 Å². The van der Waals surface area contributed by atoms with E-state index in [1.165, 1.54) is 6.42 Å². The van der Waals surface area contributed by atoms with Crippen LogP contribution in [-0.4, -0.2) is 63.3 Å².